The van der Waals surface area contributed by atoms with E-state index in [2.05, 4.69) is 31.9 Å². The van der Waals surface area contributed by atoms with Crippen molar-refractivity contribution in [1.29, 1.82) is 0 Å². The summed E-state index contributed by atoms with van der Waals surface area (Å²) < 4.78 is 1.65. The molecule has 0 heterocycles. The van der Waals surface area contributed by atoms with E-state index >= 15 is 0 Å². The van der Waals surface area contributed by atoms with Gasteiger partial charge in [-0.25, -0.2) is 0 Å². The second-order valence-electron chi connectivity index (χ2n) is 2.63. The molecule has 0 bridgehead atoms. The predicted molar refractivity (Wildman–Crippen MR) is 64.5 cm³/mol. The maximum Gasteiger partial charge on any atom is 0.241 e. The standard InChI is InChI=1S/C9H8Br2N2O/c10-6-3-5(1-2-8(12)14)9(13)7(11)4-6/h1-4H,13H2,(H2,12,14)/b2-1-. The van der Waals surface area contributed by atoms with Crippen LogP contribution < -0.4 is 11.5 Å². The summed E-state index contributed by atoms with van der Waals surface area (Å²) in [7, 11) is 0. The number of hydrogen-bond acceptors (Lipinski definition) is 2. The minimum atomic E-state index is -0.500. The largest absolute Gasteiger partial charge is 0.397 e. The van der Waals surface area contributed by atoms with Gasteiger partial charge in [0.2, 0.25) is 5.91 Å². The molecule has 0 atom stereocenters. The second kappa shape index (κ2) is 4.61. The summed E-state index contributed by atoms with van der Waals surface area (Å²) >= 11 is 6.62. The summed E-state index contributed by atoms with van der Waals surface area (Å²) in [5.41, 5.74) is 12.1. The number of carbonyl (C=O) groups excluding carboxylic acids is 1. The Hall–Kier alpha value is -0.810. The van der Waals surface area contributed by atoms with Gasteiger partial charge in [-0.3, -0.25) is 4.79 Å². The lowest BCUT2D eigenvalue weighted by Crippen LogP contribution is -2.05. The van der Waals surface area contributed by atoms with Gasteiger partial charge < -0.3 is 11.5 Å². The molecule has 0 radical (unpaired) electrons. The topological polar surface area (TPSA) is 69.1 Å². The Morgan fingerprint density at radius 3 is 2.57 bits per heavy atom. The van der Waals surface area contributed by atoms with Crippen molar-refractivity contribution in [1.82, 2.24) is 0 Å². The van der Waals surface area contributed by atoms with Crippen molar-refractivity contribution in [3.8, 4) is 0 Å². The Balaban J connectivity index is 3.14. The summed E-state index contributed by atoms with van der Waals surface area (Å²) in [6, 6.07) is 3.64. The molecular formula is C9H8Br2N2O. The fraction of sp³-hybridized carbons (Fsp3) is 0. The molecule has 1 aromatic carbocycles. The van der Waals surface area contributed by atoms with E-state index in [-0.39, 0.29) is 0 Å². The predicted octanol–water partition coefficient (Wildman–Crippen LogP) is 2.29. The van der Waals surface area contributed by atoms with Crippen LogP contribution in [0.2, 0.25) is 0 Å². The van der Waals surface area contributed by atoms with Crippen molar-refractivity contribution in [2.24, 2.45) is 5.73 Å². The molecular weight excluding hydrogens is 312 g/mol. The van der Waals surface area contributed by atoms with Gasteiger partial charge in [0.25, 0.3) is 0 Å². The Labute approximate surface area is 98.4 Å². The van der Waals surface area contributed by atoms with Crippen molar-refractivity contribution in [2.45, 2.75) is 0 Å². The Bertz CT molecular complexity index is 402. The van der Waals surface area contributed by atoms with E-state index < -0.39 is 5.91 Å². The molecule has 1 amide bonds. The zero-order valence-electron chi connectivity index (χ0n) is 7.13. The molecule has 1 aromatic rings. The molecule has 0 fully saturated rings. The first-order valence-corrected chi connectivity index (χ1v) is 5.31. The van der Waals surface area contributed by atoms with Crippen LogP contribution in [0.15, 0.2) is 27.2 Å². The van der Waals surface area contributed by atoms with Crippen molar-refractivity contribution >= 4 is 49.5 Å². The normalized spacial score (nSPS) is 10.7. The van der Waals surface area contributed by atoms with E-state index in [1.165, 1.54) is 6.08 Å². The molecule has 5 heteroatoms. The molecule has 0 unspecified atom stereocenters. The highest BCUT2D eigenvalue weighted by molar-refractivity contribution is 9.11. The van der Waals surface area contributed by atoms with Crippen LogP contribution in [0.1, 0.15) is 5.56 Å². The third kappa shape index (κ3) is 2.85. The average Bonchev–Trinajstić information content (AvgIpc) is 2.08. The molecule has 3 nitrogen and oxygen atoms in total. The van der Waals surface area contributed by atoms with Gasteiger partial charge in [-0.2, -0.15) is 0 Å². The first-order valence-electron chi connectivity index (χ1n) is 3.72. The highest BCUT2D eigenvalue weighted by Crippen LogP contribution is 2.28. The van der Waals surface area contributed by atoms with Crippen LogP contribution in [-0.2, 0) is 4.79 Å². The highest BCUT2D eigenvalue weighted by Gasteiger charge is 2.02. The lowest BCUT2D eigenvalue weighted by Gasteiger charge is -2.03. The molecule has 0 saturated heterocycles. The molecule has 4 N–H and O–H groups in total. The van der Waals surface area contributed by atoms with E-state index in [9.17, 15) is 4.79 Å². The van der Waals surface area contributed by atoms with Crippen molar-refractivity contribution in [3.63, 3.8) is 0 Å². The van der Waals surface area contributed by atoms with Crippen LogP contribution in [-0.4, -0.2) is 5.91 Å². The summed E-state index contributed by atoms with van der Waals surface area (Å²) in [4.78, 5) is 10.5. The van der Waals surface area contributed by atoms with Crippen LogP contribution in [0.4, 0.5) is 5.69 Å². The maximum atomic E-state index is 10.5. The van der Waals surface area contributed by atoms with Gasteiger partial charge in [0.05, 0.1) is 5.69 Å². The van der Waals surface area contributed by atoms with Gasteiger partial charge in [-0.1, -0.05) is 15.9 Å². The lowest BCUT2D eigenvalue weighted by molar-refractivity contribution is -0.113. The third-order valence-corrected chi connectivity index (χ3v) is 2.67. The maximum absolute atomic E-state index is 10.5. The second-order valence-corrected chi connectivity index (χ2v) is 4.40. The minimum absolute atomic E-state index is 0.500. The van der Waals surface area contributed by atoms with Crippen molar-refractivity contribution in [3.05, 3.63) is 32.7 Å². The number of carbonyl (C=O) groups is 1. The molecule has 0 aliphatic carbocycles. The molecule has 1 rings (SSSR count). The van der Waals surface area contributed by atoms with E-state index in [1.54, 1.807) is 12.1 Å². The van der Waals surface area contributed by atoms with Gasteiger partial charge >= 0.3 is 0 Å². The lowest BCUT2D eigenvalue weighted by atomic mass is 10.1. The van der Waals surface area contributed by atoms with Gasteiger partial charge in [-0.15, -0.1) is 0 Å². The third-order valence-electron chi connectivity index (χ3n) is 1.55. The molecule has 0 aromatic heterocycles. The SMILES string of the molecule is NC(=O)/C=C\c1cc(Br)cc(Br)c1N. The fourth-order valence-electron chi connectivity index (χ4n) is 0.914. The Morgan fingerprint density at radius 2 is 2.00 bits per heavy atom. The highest BCUT2D eigenvalue weighted by atomic mass is 79.9. The van der Waals surface area contributed by atoms with E-state index in [0.717, 1.165) is 14.5 Å². The number of nitrogens with two attached hydrogens (primary N) is 2. The first-order chi connectivity index (χ1) is 6.50. The summed E-state index contributed by atoms with van der Waals surface area (Å²) in [6.45, 7) is 0. The fourth-order valence-corrected chi connectivity index (χ4v) is 2.17. The summed E-state index contributed by atoms with van der Waals surface area (Å²) in [5.74, 6) is -0.500. The van der Waals surface area contributed by atoms with Crippen LogP contribution in [0.5, 0.6) is 0 Å². The van der Waals surface area contributed by atoms with Gasteiger partial charge in [-0.05, 0) is 39.7 Å². The molecule has 0 aliphatic heterocycles. The zero-order chi connectivity index (χ0) is 10.7. The van der Waals surface area contributed by atoms with Crippen molar-refractivity contribution < 1.29 is 4.79 Å². The number of benzene rings is 1. The molecule has 0 aliphatic rings. The minimum Gasteiger partial charge on any atom is -0.397 e. The van der Waals surface area contributed by atoms with E-state index in [4.69, 9.17) is 11.5 Å². The van der Waals surface area contributed by atoms with Crippen LogP contribution in [0, 0.1) is 0 Å². The number of rotatable bonds is 2. The van der Waals surface area contributed by atoms with Gasteiger partial charge in [0.15, 0.2) is 0 Å². The average molecular weight is 320 g/mol. The van der Waals surface area contributed by atoms with Gasteiger partial charge in [0.1, 0.15) is 0 Å². The zero-order valence-corrected chi connectivity index (χ0v) is 10.3. The number of halogens is 2. The molecule has 0 spiro atoms. The smallest absolute Gasteiger partial charge is 0.241 e. The quantitative estimate of drug-likeness (QED) is 0.648. The molecule has 0 saturated carbocycles. The molecule has 14 heavy (non-hydrogen) atoms. The van der Waals surface area contributed by atoms with Crippen molar-refractivity contribution in [2.75, 3.05) is 5.73 Å². The number of amides is 1. The van der Waals surface area contributed by atoms with Crippen LogP contribution in [0.3, 0.4) is 0 Å². The van der Waals surface area contributed by atoms with Crippen LogP contribution >= 0.6 is 31.9 Å². The molecule has 74 valence electrons. The Kier molecular flexibility index (Phi) is 3.71. The monoisotopic (exact) mass is 318 g/mol. The Morgan fingerprint density at radius 1 is 1.36 bits per heavy atom. The van der Waals surface area contributed by atoms with Crippen LogP contribution in [0.25, 0.3) is 6.08 Å². The number of primary amides is 1. The van der Waals surface area contributed by atoms with Gasteiger partial charge in [0, 0.05) is 15.0 Å². The summed E-state index contributed by atoms with van der Waals surface area (Å²) in [6.07, 6.45) is 2.84. The number of nitrogen functional groups attached to an aromatic ring is 1. The summed E-state index contributed by atoms with van der Waals surface area (Å²) in [5, 5.41) is 0. The van der Waals surface area contributed by atoms with E-state index in [0.29, 0.717) is 5.69 Å². The number of hydrogen-bond donors (Lipinski definition) is 2. The van der Waals surface area contributed by atoms with E-state index in [1.807, 2.05) is 6.07 Å². The number of anilines is 1. The first kappa shape index (κ1) is 11.3.